The highest BCUT2D eigenvalue weighted by Gasteiger charge is 1.60. The third-order valence-electron chi connectivity index (χ3n) is 0.347. The first kappa shape index (κ1) is 2.92. The topological polar surface area (TPSA) is 13.1 Å². The van der Waals surface area contributed by atoms with Crippen LogP contribution < -0.4 is 0 Å². The monoisotopic (exact) mass is 86.0 g/mol. The minimum absolute atomic E-state index is 1.16. The van der Waals surface area contributed by atoms with Gasteiger partial charge in [-0.15, -0.1) is 0 Å². The van der Waals surface area contributed by atoms with Crippen molar-refractivity contribution in [1.29, 1.82) is 0 Å². The quantitative estimate of drug-likeness (QED) is 0.469. The molecule has 0 radical (unpaired) electrons. The summed E-state index contributed by atoms with van der Waals surface area (Å²) in [5, 5.41) is 0. The summed E-state index contributed by atoms with van der Waals surface area (Å²) < 4.78 is 4.63. The Morgan fingerprint density at radius 3 is 2.80 bits per heavy atom. The first-order chi connectivity index (χ1) is 2.50. The van der Waals surface area contributed by atoms with Crippen LogP contribution in [0.4, 0.5) is 0 Å². The van der Waals surface area contributed by atoms with Gasteiger partial charge in [0.1, 0.15) is 5.99 Å². The van der Waals surface area contributed by atoms with Crippen molar-refractivity contribution in [2.75, 3.05) is 0 Å². The van der Waals surface area contributed by atoms with Gasteiger partial charge < -0.3 is 4.42 Å². The van der Waals surface area contributed by atoms with Gasteiger partial charge in [0.25, 0.3) is 0 Å². The van der Waals surface area contributed by atoms with E-state index in [2.05, 4.69) is 4.42 Å². The van der Waals surface area contributed by atoms with Crippen molar-refractivity contribution in [2.24, 2.45) is 0 Å². The summed E-state index contributed by atoms with van der Waals surface area (Å²) in [7, 11) is 1.16. The lowest BCUT2D eigenvalue weighted by atomic mass is 11.1. The lowest BCUT2D eigenvalue weighted by Gasteiger charge is -1.49. The van der Waals surface area contributed by atoms with E-state index in [4.69, 9.17) is 0 Å². The van der Waals surface area contributed by atoms with Gasteiger partial charge in [-0.2, -0.15) is 0 Å². The Morgan fingerprint density at radius 2 is 2.60 bits per heavy atom. The molecule has 0 aliphatic heterocycles. The van der Waals surface area contributed by atoms with Crippen LogP contribution in [0.5, 0.6) is 0 Å². The van der Waals surface area contributed by atoms with Crippen LogP contribution in [0.25, 0.3) is 0 Å². The average molecular weight is 86.0 g/mol. The highest BCUT2D eigenvalue weighted by molar-refractivity contribution is 7.28. The summed E-state index contributed by atoms with van der Waals surface area (Å²) in [6.07, 6.45) is 1.67. The molecule has 0 unspecified atom stereocenters. The Bertz CT molecular complexity index is 63.4. The molecule has 0 bridgehead atoms. The van der Waals surface area contributed by atoms with Gasteiger partial charge in [-0.1, -0.05) is 0 Å². The average Bonchev–Trinajstić information content (AvgIpc) is 1.76. The molecular weight excluding hydrogens is 83.0 g/mol. The second kappa shape index (κ2) is 1.23. The van der Waals surface area contributed by atoms with E-state index >= 15 is 0 Å². The third kappa shape index (κ3) is 0.489. The van der Waals surface area contributed by atoms with Crippen LogP contribution in [-0.2, 0) is 0 Å². The molecule has 1 aromatic rings. The van der Waals surface area contributed by atoms with Crippen molar-refractivity contribution in [3.8, 4) is 0 Å². The molecule has 0 aliphatic carbocycles. The van der Waals surface area contributed by atoms with Crippen molar-refractivity contribution >= 4 is 8.19 Å². The van der Waals surface area contributed by atoms with Crippen LogP contribution in [0.2, 0.25) is 0 Å². The zero-order valence-electron chi connectivity index (χ0n) is 2.59. The second-order valence-electron chi connectivity index (χ2n) is 0.676. The maximum Gasteiger partial charge on any atom is 0.116 e. The lowest BCUT2D eigenvalue weighted by molar-refractivity contribution is 0.573. The van der Waals surface area contributed by atoms with Crippen LogP contribution in [-0.4, -0.2) is 0 Å². The van der Waals surface area contributed by atoms with E-state index in [1.54, 1.807) is 12.3 Å². The highest BCUT2D eigenvalue weighted by atomic mass is 31.0. The fourth-order valence-electron chi connectivity index (χ4n) is 0.176. The van der Waals surface area contributed by atoms with Crippen LogP contribution in [0.15, 0.2) is 22.5 Å². The summed E-state index contributed by atoms with van der Waals surface area (Å²) in [5.74, 6) is 3.65. The van der Waals surface area contributed by atoms with Gasteiger partial charge in [0.2, 0.25) is 0 Å². The Balaban J connectivity index is 3.13. The van der Waals surface area contributed by atoms with Crippen LogP contribution in [0.3, 0.4) is 0 Å². The van der Waals surface area contributed by atoms with E-state index < -0.39 is 0 Å². The zero-order chi connectivity index (χ0) is 3.54. The molecule has 5 heavy (non-hydrogen) atoms. The van der Waals surface area contributed by atoms with Gasteiger partial charge in [-0.3, -0.25) is 0 Å². The molecule has 1 nitrogen and oxygen atoms in total. The number of rotatable bonds is 0. The Kier molecular flexibility index (Phi) is 0.718. The molecule has 1 aromatic heterocycles. The van der Waals surface area contributed by atoms with E-state index in [1.165, 1.54) is 0 Å². The second-order valence-corrected chi connectivity index (χ2v) is 1.48. The summed E-state index contributed by atoms with van der Waals surface area (Å²) in [5.41, 5.74) is 0. The third-order valence-corrected chi connectivity index (χ3v) is 0.884. The molecule has 0 atom stereocenters. The predicted molar refractivity (Wildman–Crippen MR) is 21.2 cm³/mol. The van der Waals surface area contributed by atoms with Gasteiger partial charge in [0.15, 0.2) is 0 Å². The zero-order valence-corrected chi connectivity index (χ0v) is 3.48. The molecule has 0 aliphatic rings. The molecule has 0 fully saturated rings. The van der Waals surface area contributed by atoms with Crippen molar-refractivity contribution in [3.05, 3.63) is 18.1 Å². The van der Waals surface area contributed by atoms with E-state index in [0.717, 1.165) is 8.19 Å². The summed E-state index contributed by atoms with van der Waals surface area (Å²) in [4.78, 5) is 0. The van der Waals surface area contributed by atoms with E-state index in [1.807, 2.05) is 5.80 Å². The van der Waals surface area contributed by atoms with Crippen LogP contribution in [0.1, 0.15) is 0 Å². The molecule has 0 aromatic carbocycles. The Hall–Kier alpha value is -0.290. The van der Waals surface area contributed by atoms with E-state index in [0.29, 0.717) is 0 Å². The first-order valence-electron chi connectivity index (χ1n) is 1.32. The largest absolute Gasteiger partial charge is 0.468 e. The number of hydrogen-bond acceptors (Lipinski definition) is 1. The molecule has 0 spiro atoms. The maximum absolute atomic E-state index is 4.63. The van der Waals surface area contributed by atoms with Gasteiger partial charge in [-0.05, 0) is 8.19 Å². The summed E-state index contributed by atoms with van der Waals surface area (Å²) in [6, 6.07) is 0. The maximum atomic E-state index is 4.63. The van der Waals surface area contributed by atoms with Crippen molar-refractivity contribution in [3.63, 3.8) is 0 Å². The van der Waals surface area contributed by atoms with Crippen molar-refractivity contribution in [2.45, 2.75) is 0 Å². The summed E-state index contributed by atoms with van der Waals surface area (Å²) >= 11 is 0. The molecule has 1 heterocycles. The van der Waals surface area contributed by atoms with E-state index in [9.17, 15) is 0 Å². The predicted octanol–water partition coefficient (Wildman–Crippen LogP) is 1.86. The molecule has 0 amide bonds. The Morgan fingerprint density at radius 1 is 1.60 bits per heavy atom. The molecule has 0 saturated carbocycles. The highest BCUT2D eigenvalue weighted by Crippen LogP contribution is 1.99. The van der Waals surface area contributed by atoms with Gasteiger partial charge >= 0.3 is 0 Å². The van der Waals surface area contributed by atoms with Crippen LogP contribution in [0, 0.1) is 0 Å². The molecular formula is C3H3OP. The van der Waals surface area contributed by atoms with Crippen molar-refractivity contribution < 1.29 is 4.42 Å². The van der Waals surface area contributed by atoms with Crippen molar-refractivity contribution in [1.82, 2.24) is 0 Å². The molecule has 2 heteroatoms. The SMILES string of the molecule is c1cpco1. The molecule has 0 N–H and O–H groups in total. The normalized spacial score (nSPS) is 9.60. The summed E-state index contributed by atoms with van der Waals surface area (Å²) in [6.45, 7) is 0. The fraction of sp³-hybridized carbons (Fsp3) is 0. The lowest BCUT2D eigenvalue weighted by Crippen LogP contribution is -1.16. The number of hydrogen-bond donors (Lipinski definition) is 0. The molecule has 26 valence electrons. The smallest absolute Gasteiger partial charge is 0.116 e. The van der Waals surface area contributed by atoms with Gasteiger partial charge in [0.05, 0.1) is 6.26 Å². The fourth-order valence-corrected chi connectivity index (χ4v) is 0.527. The first-order valence-corrected chi connectivity index (χ1v) is 2.35. The van der Waals surface area contributed by atoms with Gasteiger partial charge in [-0.25, -0.2) is 0 Å². The van der Waals surface area contributed by atoms with Gasteiger partial charge in [0, 0.05) is 5.80 Å². The molecule has 0 saturated heterocycles. The minimum atomic E-state index is 1.16. The molecule has 1 rings (SSSR count). The van der Waals surface area contributed by atoms with E-state index in [-0.39, 0.29) is 0 Å². The Labute approximate surface area is 31.7 Å². The van der Waals surface area contributed by atoms with Crippen LogP contribution >= 0.6 is 8.19 Å². The minimum Gasteiger partial charge on any atom is -0.468 e. The standard InChI is InChI=1S/C3H3OP/c1-2-5-3-4-1/h1-3H.